The number of alkyl carbamates (subject to hydrolysis) is 1. The van der Waals surface area contributed by atoms with Crippen LogP contribution in [0.3, 0.4) is 0 Å². The van der Waals surface area contributed by atoms with Gasteiger partial charge in [0, 0.05) is 17.5 Å². The molecule has 206 valence electrons. The number of rotatable bonds is 8. The normalized spacial score (nSPS) is 15.2. The van der Waals surface area contributed by atoms with Crippen molar-refractivity contribution in [2.45, 2.75) is 91.5 Å². The van der Waals surface area contributed by atoms with Gasteiger partial charge < -0.3 is 20.3 Å². The molecule has 1 fully saturated rings. The molecule has 3 amide bonds. The summed E-state index contributed by atoms with van der Waals surface area (Å²) in [5, 5.41) is 5.82. The van der Waals surface area contributed by atoms with Gasteiger partial charge in [0.1, 0.15) is 17.7 Å². The number of amides is 3. The summed E-state index contributed by atoms with van der Waals surface area (Å²) in [4.78, 5) is 42.6. The van der Waals surface area contributed by atoms with Crippen LogP contribution in [0.4, 0.5) is 10.5 Å². The third kappa shape index (κ3) is 6.90. The molecule has 1 saturated carbocycles. The van der Waals surface area contributed by atoms with E-state index in [0.717, 1.165) is 52.8 Å². The molecule has 0 saturated heterocycles. The second-order valence-electron chi connectivity index (χ2n) is 11.2. The molecule has 2 unspecified atom stereocenters. The van der Waals surface area contributed by atoms with Crippen molar-refractivity contribution in [1.82, 2.24) is 10.2 Å². The standard InChI is InChI=1S/C30H41N3O4S/c1-18-11-8-12-19(2)24(18)26(27(34)32-25-20(3)13-9-14-21(25)4)33(22-15-10-16-22)28(35)23(17-38)31-29(36)37-30(5,6)7/h8-9,11-14,22-23,26,38H,10,15-17H2,1-7H3,(H,31,36)(H,32,34). The first-order valence-corrected chi connectivity index (χ1v) is 13.8. The molecule has 1 aliphatic rings. The molecule has 0 heterocycles. The predicted octanol–water partition coefficient (Wildman–Crippen LogP) is 5.80. The molecule has 2 atom stereocenters. The highest BCUT2D eigenvalue weighted by Crippen LogP contribution is 2.37. The van der Waals surface area contributed by atoms with E-state index in [-0.39, 0.29) is 23.6 Å². The molecular formula is C30H41N3O4S. The average Bonchev–Trinajstić information content (AvgIpc) is 2.78. The van der Waals surface area contributed by atoms with E-state index in [1.807, 2.05) is 64.1 Å². The van der Waals surface area contributed by atoms with Gasteiger partial charge in [0.05, 0.1) is 0 Å². The number of thiol groups is 1. The Morgan fingerprint density at radius 2 is 1.50 bits per heavy atom. The van der Waals surface area contributed by atoms with Crippen LogP contribution in [0.5, 0.6) is 0 Å². The number of hydrogen-bond acceptors (Lipinski definition) is 5. The zero-order valence-electron chi connectivity index (χ0n) is 23.6. The highest BCUT2D eigenvalue weighted by Gasteiger charge is 2.42. The van der Waals surface area contributed by atoms with Gasteiger partial charge in [-0.05, 0) is 95.5 Å². The van der Waals surface area contributed by atoms with Crippen LogP contribution < -0.4 is 10.6 Å². The fourth-order valence-electron chi connectivity index (χ4n) is 4.86. The number of ether oxygens (including phenoxy) is 1. The lowest BCUT2D eigenvalue weighted by Gasteiger charge is -2.44. The van der Waals surface area contributed by atoms with Gasteiger partial charge in [0.2, 0.25) is 5.91 Å². The number of aryl methyl sites for hydroxylation is 4. The van der Waals surface area contributed by atoms with Gasteiger partial charge in [-0.1, -0.05) is 36.4 Å². The quantitative estimate of drug-likeness (QED) is 0.370. The lowest BCUT2D eigenvalue weighted by atomic mass is 9.86. The number of carbonyl (C=O) groups excluding carboxylic acids is 3. The summed E-state index contributed by atoms with van der Waals surface area (Å²) in [5.41, 5.74) is 4.56. The number of anilines is 1. The summed E-state index contributed by atoms with van der Waals surface area (Å²) in [7, 11) is 0. The van der Waals surface area contributed by atoms with Gasteiger partial charge in [-0.15, -0.1) is 0 Å². The third-order valence-corrected chi connectivity index (χ3v) is 7.33. The zero-order valence-corrected chi connectivity index (χ0v) is 24.4. The van der Waals surface area contributed by atoms with Crippen LogP contribution in [0.1, 0.15) is 73.9 Å². The SMILES string of the molecule is Cc1cccc(C)c1NC(=O)C(c1c(C)cccc1C)N(C(=O)C(CS)NC(=O)OC(C)(C)C)C1CCC1. The summed E-state index contributed by atoms with van der Waals surface area (Å²) in [6.07, 6.45) is 1.85. The van der Waals surface area contributed by atoms with E-state index in [9.17, 15) is 14.4 Å². The molecule has 0 radical (unpaired) electrons. The van der Waals surface area contributed by atoms with Crippen molar-refractivity contribution in [3.8, 4) is 0 Å². The molecule has 0 aliphatic heterocycles. The van der Waals surface area contributed by atoms with Crippen molar-refractivity contribution in [1.29, 1.82) is 0 Å². The first kappa shape index (κ1) is 29.6. The Kier molecular flexibility index (Phi) is 9.52. The summed E-state index contributed by atoms with van der Waals surface area (Å²) >= 11 is 4.39. The van der Waals surface area contributed by atoms with E-state index >= 15 is 0 Å². The van der Waals surface area contributed by atoms with Crippen molar-refractivity contribution in [2.75, 3.05) is 11.1 Å². The van der Waals surface area contributed by atoms with Crippen molar-refractivity contribution < 1.29 is 19.1 Å². The van der Waals surface area contributed by atoms with Gasteiger partial charge in [-0.3, -0.25) is 9.59 Å². The van der Waals surface area contributed by atoms with Crippen LogP contribution in [-0.2, 0) is 14.3 Å². The van der Waals surface area contributed by atoms with Crippen LogP contribution in [0.25, 0.3) is 0 Å². The fourth-order valence-corrected chi connectivity index (χ4v) is 5.10. The number of hydrogen-bond donors (Lipinski definition) is 3. The molecule has 0 spiro atoms. The van der Waals surface area contributed by atoms with E-state index in [1.165, 1.54) is 0 Å². The maximum atomic E-state index is 14.2. The maximum Gasteiger partial charge on any atom is 0.408 e. The Bertz CT molecular complexity index is 1150. The molecule has 2 N–H and O–H groups in total. The second kappa shape index (κ2) is 12.2. The molecule has 1 aliphatic carbocycles. The lowest BCUT2D eigenvalue weighted by Crippen LogP contribution is -2.57. The smallest absolute Gasteiger partial charge is 0.408 e. The van der Waals surface area contributed by atoms with Crippen LogP contribution in [0, 0.1) is 27.7 Å². The van der Waals surface area contributed by atoms with Crippen molar-refractivity contribution in [3.63, 3.8) is 0 Å². The maximum absolute atomic E-state index is 14.2. The Hall–Kier alpha value is -3.00. The summed E-state index contributed by atoms with van der Waals surface area (Å²) in [6, 6.07) is 9.76. The predicted molar refractivity (Wildman–Crippen MR) is 155 cm³/mol. The minimum Gasteiger partial charge on any atom is -0.444 e. The van der Waals surface area contributed by atoms with Gasteiger partial charge in [0.15, 0.2) is 0 Å². The summed E-state index contributed by atoms with van der Waals surface area (Å²) in [6.45, 7) is 13.1. The Morgan fingerprint density at radius 1 is 0.974 bits per heavy atom. The Labute approximate surface area is 232 Å². The van der Waals surface area contributed by atoms with E-state index in [0.29, 0.717) is 0 Å². The van der Waals surface area contributed by atoms with Crippen LogP contribution in [0.15, 0.2) is 36.4 Å². The number of benzene rings is 2. The minimum atomic E-state index is -0.950. The molecule has 0 aromatic heterocycles. The van der Waals surface area contributed by atoms with Crippen molar-refractivity contribution in [3.05, 3.63) is 64.2 Å². The third-order valence-electron chi connectivity index (χ3n) is 6.97. The Balaban J connectivity index is 2.07. The van der Waals surface area contributed by atoms with Gasteiger partial charge in [0.25, 0.3) is 5.91 Å². The fraction of sp³-hybridized carbons (Fsp3) is 0.500. The topological polar surface area (TPSA) is 87.7 Å². The average molecular weight is 540 g/mol. The van der Waals surface area contributed by atoms with Crippen molar-refractivity contribution >= 4 is 36.2 Å². The first-order chi connectivity index (χ1) is 17.8. The second-order valence-corrected chi connectivity index (χ2v) is 11.5. The van der Waals surface area contributed by atoms with E-state index in [2.05, 4.69) is 23.3 Å². The number of para-hydroxylation sites is 1. The molecular weight excluding hydrogens is 498 g/mol. The monoisotopic (exact) mass is 539 g/mol. The summed E-state index contributed by atoms with van der Waals surface area (Å²) < 4.78 is 5.40. The molecule has 2 aromatic rings. The molecule has 3 rings (SSSR count). The van der Waals surface area contributed by atoms with Crippen LogP contribution >= 0.6 is 12.6 Å². The highest BCUT2D eigenvalue weighted by atomic mass is 32.1. The van der Waals surface area contributed by atoms with Gasteiger partial charge >= 0.3 is 6.09 Å². The zero-order chi connectivity index (χ0) is 28.2. The van der Waals surface area contributed by atoms with Crippen LogP contribution in [0.2, 0.25) is 0 Å². The van der Waals surface area contributed by atoms with Gasteiger partial charge in [-0.2, -0.15) is 12.6 Å². The van der Waals surface area contributed by atoms with E-state index < -0.39 is 23.8 Å². The van der Waals surface area contributed by atoms with Gasteiger partial charge in [-0.25, -0.2) is 4.79 Å². The number of carbonyl (C=O) groups is 3. The molecule has 8 heteroatoms. The van der Waals surface area contributed by atoms with E-state index in [4.69, 9.17) is 4.74 Å². The lowest BCUT2D eigenvalue weighted by molar-refractivity contribution is -0.145. The molecule has 38 heavy (non-hydrogen) atoms. The number of nitrogens with zero attached hydrogens (tertiary/aromatic N) is 1. The molecule has 0 bridgehead atoms. The molecule has 2 aromatic carbocycles. The van der Waals surface area contributed by atoms with Crippen LogP contribution in [-0.4, -0.2) is 46.2 Å². The van der Waals surface area contributed by atoms with E-state index in [1.54, 1.807) is 25.7 Å². The number of nitrogens with one attached hydrogen (secondary N) is 2. The summed E-state index contributed by atoms with van der Waals surface area (Å²) in [5.74, 6) is -0.561. The Morgan fingerprint density at radius 3 is 1.95 bits per heavy atom. The molecule has 7 nitrogen and oxygen atoms in total. The minimum absolute atomic E-state index is 0.0687. The first-order valence-electron chi connectivity index (χ1n) is 13.2. The largest absolute Gasteiger partial charge is 0.444 e. The highest BCUT2D eigenvalue weighted by molar-refractivity contribution is 7.80. The van der Waals surface area contributed by atoms with Crippen molar-refractivity contribution in [2.24, 2.45) is 0 Å².